The molecule has 0 atom stereocenters. The lowest BCUT2D eigenvalue weighted by molar-refractivity contribution is 0.669. The summed E-state index contributed by atoms with van der Waals surface area (Å²) in [5, 5.41) is 9.90. The Morgan fingerprint density at radius 2 is 0.852 bits per heavy atom. The van der Waals surface area contributed by atoms with E-state index in [1.165, 1.54) is 49.0 Å². The number of aromatic nitrogens is 1. The fourth-order valence-electron chi connectivity index (χ4n) is 8.25. The topological polar surface area (TPSA) is 29.3 Å². The molecule has 2 aromatic heterocycles. The van der Waals surface area contributed by atoms with Crippen LogP contribution < -0.4 is 4.90 Å². The van der Waals surface area contributed by atoms with E-state index in [0.717, 1.165) is 55.7 Å². The Labute approximate surface area is 312 Å². The van der Waals surface area contributed by atoms with Crippen molar-refractivity contribution in [1.82, 2.24) is 4.98 Å². The number of fused-ring (bicyclic) bond motifs is 3. The van der Waals surface area contributed by atoms with Gasteiger partial charge in [0.15, 0.2) is 0 Å². The first-order chi connectivity index (χ1) is 26.7. The fraction of sp³-hybridized carbons (Fsp3) is 0. The van der Waals surface area contributed by atoms with E-state index >= 15 is 0 Å². The smallest absolute Gasteiger partial charge is 0.137 e. The van der Waals surface area contributed by atoms with Crippen molar-refractivity contribution in [3.8, 4) is 33.4 Å². The average molecular weight is 689 g/mol. The summed E-state index contributed by atoms with van der Waals surface area (Å²) in [6, 6.07) is 65.4. The van der Waals surface area contributed by atoms with Crippen molar-refractivity contribution in [3.63, 3.8) is 0 Å². The molecule has 0 aliphatic heterocycles. The number of nitrogens with zero attached hydrogens (tertiary/aromatic N) is 2. The van der Waals surface area contributed by atoms with Crippen LogP contribution in [-0.4, -0.2) is 4.98 Å². The van der Waals surface area contributed by atoms with Crippen molar-refractivity contribution in [2.45, 2.75) is 0 Å². The Morgan fingerprint density at radius 3 is 1.48 bits per heavy atom. The molecule has 54 heavy (non-hydrogen) atoms. The zero-order chi connectivity index (χ0) is 35.6. The summed E-state index contributed by atoms with van der Waals surface area (Å²) in [6.07, 6.45) is 3.70. The molecule has 0 bridgehead atoms. The second-order valence-corrected chi connectivity index (χ2v) is 14.0. The third-order valence-corrected chi connectivity index (χ3v) is 10.8. The van der Waals surface area contributed by atoms with Gasteiger partial charge < -0.3 is 9.32 Å². The summed E-state index contributed by atoms with van der Waals surface area (Å²) in [4.78, 5) is 6.58. The number of benzene rings is 9. The Balaban J connectivity index is 0.977. The lowest BCUT2D eigenvalue weighted by Crippen LogP contribution is -2.09. The maximum Gasteiger partial charge on any atom is 0.137 e. The van der Waals surface area contributed by atoms with E-state index in [4.69, 9.17) is 4.42 Å². The van der Waals surface area contributed by atoms with Gasteiger partial charge in [0.25, 0.3) is 0 Å². The normalized spacial score (nSPS) is 11.7. The molecule has 3 heteroatoms. The minimum Gasteiger partial charge on any atom is -0.456 e. The SMILES string of the molecule is c1ccc(-c2cc3ccc4cc(-c5ccc6c(c5)oc5cc(N(c7ccccc7)c7ccc(-c8cccnc8)cc7)ccc56)cc5ccc(c2)c3c45)cc1. The molecule has 0 aliphatic carbocycles. The largest absolute Gasteiger partial charge is 0.456 e. The lowest BCUT2D eigenvalue weighted by Gasteiger charge is -2.25. The van der Waals surface area contributed by atoms with Gasteiger partial charge in [-0.05, 0) is 145 Å². The van der Waals surface area contributed by atoms with Gasteiger partial charge in [-0.1, -0.05) is 97.1 Å². The fourth-order valence-corrected chi connectivity index (χ4v) is 8.25. The number of pyridine rings is 1. The van der Waals surface area contributed by atoms with E-state index in [1.54, 1.807) is 6.20 Å². The van der Waals surface area contributed by atoms with Crippen LogP contribution in [0.25, 0.3) is 87.6 Å². The van der Waals surface area contributed by atoms with E-state index in [-0.39, 0.29) is 0 Å². The van der Waals surface area contributed by atoms with Gasteiger partial charge in [-0.3, -0.25) is 4.98 Å². The molecule has 11 rings (SSSR count). The minimum atomic E-state index is 0.859. The van der Waals surface area contributed by atoms with Gasteiger partial charge in [-0.15, -0.1) is 0 Å². The van der Waals surface area contributed by atoms with Crippen LogP contribution in [0.4, 0.5) is 17.1 Å². The van der Waals surface area contributed by atoms with Gasteiger partial charge in [0, 0.05) is 46.3 Å². The molecule has 0 spiro atoms. The molecule has 0 saturated heterocycles. The molecule has 0 N–H and O–H groups in total. The van der Waals surface area contributed by atoms with Crippen LogP contribution in [0.15, 0.2) is 199 Å². The molecule has 0 amide bonds. The van der Waals surface area contributed by atoms with Crippen molar-refractivity contribution < 1.29 is 4.42 Å². The van der Waals surface area contributed by atoms with Crippen LogP contribution >= 0.6 is 0 Å². The molecule has 2 heterocycles. The predicted molar refractivity (Wildman–Crippen MR) is 226 cm³/mol. The van der Waals surface area contributed by atoms with Gasteiger partial charge in [-0.2, -0.15) is 0 Å². The van der Waals surface area contributed by atoms with E-state index in [2.05, 4.69) is 186 Å². The third kappa shape index (κ3) is 5.02. The summed E-state index contributed by atoms with van der Waals surface area (Å²) in [6.45, 7) is 0. The average Bonchev–Trinajstić information content (AvgIpc) is 3.61. The highest BCUT2D eigenvalue weighted by atomic mass is 16.3. The van der Waals surface area contributed by atoms with E-state index in [0.29, 0.717) is 0 Å². The van der Waals surface area contributed by atoms with Gasteiger partial charge in [0.2, 0.25) is 0 Å². The van der Waals surface area contributed by atoms with Crippen molar-refractivity contribution in [2.24, 2.45) is 0 Å². The number of hydrogen-bond acceptors (Lipinski definition) is 3. The van der Waals surface area contributed by atoms with E-state index in [9.17, 15) is 0 Å². The lowest BCUT2D eigenvalue weighted by atomic mass is 9.89. The molecule has 0 aliphatic rings. The monoisotopic (exact) mass is 688 g/mol. The van der Waals surface area contributed by atoms with Crippen molar-refractivity contribution in [1.29, 1.82) is 0 Å². The summed E-state index contributed by atoms with van der Waals surface area (Å²) in [5.74, 6) is 0. The van der Waals surface area contributed by atoms with Crippen LogP contribution in [0, 0.1) is 0 Å². The van der Waals surface area contributed by atoms with Crippen molar-refractivity contribution >= 4 is 71.3 Å². The Kier molecular flexibility index (Phi) is 6.86. The molecular weight excluding hydrogens is 657 g/mol. The van der Waals surface area contributed by atoms with Crippen LogP contribution in [0.3, 0.4) is 0 Å². The first-order valence-electron chi connectivity index (χ1n) is 18.3. The number of hydrogen-bond donors (Lipinski definition) is 0. The summed E-state index contributed by atoms with van der Waals surface area (Å²) < 4.78 is 6.67. The summed E-state index contributed by atoms with van der Waals surface area (Å²) >= 11 is 0. The first-order valence-corrected chi connectivity index (χ1v) is 18.3. The number of para-hydroxylation sites is 1. The van der Waals surface area contributed by atoms with Crippen LogP contribution in [0.5, 0.6) is 0 Å². The van der Waals surface area contributed by atoms with Gasteiger partial charge in [0.1, 0.15) is 11.2 Å². The predicted octanol–water partition coefficient (Wildman–Crippen LogP) is 14.3. The number of anilines is 3. The highest BCUT2D eigenvalue weighted by Gasteiger charge is 2.17. The highest BCUT2D eigenvalue weighted by molar-refractivity contribution is 6.24. The molecular formula is C51H32N2O. The summed E-state index contributed by atoms with van der Waals surface area (Å²) in [5.41, 5.74) is 11.9. The molecule has 11 aromatic rings. The van der Waals surface area contributed by atoms with Crippen molar-refractivity contribution in [2.75, 3.05) is 4.90 Å². The number of furan rings is 1. The number of rotatable bonds is 6. The standard InChI is InChI=1S/C51H32N2O/c1-3-8-33(9-4-1)41-26-36-13-15-38-28-42(29-39-16-14-37(27-41)50(36)51(38)39)35-19-23-46-47-24-22-45(31-49(47)54-48(46)30-35)53(43-11-5-2-6-12-43)44-20-17-34(18-21-44)40-10-7-25-52-32-40/h1-32H. The van der Waals surface area contributed by atoms with Crippen LogP contribution in [0.1, 0.15) is 0 Å². The third-order valence-electron chi connectivity index (χ3n) is 10.8. The second kappa shape index (κ2) is 12.2. The zero-order valence-corrected chi connectivity index (χ0v) is 29.3. The molecule has 3 nitrogen and oxygen atoms in total. The highest BCUT2D eigenvalue weighted by Crippen LogP contribution is 2.42. The molecule has 9 aromatic carbocycles. The van der Waals surface area contributed by atoms with Crippen molar-refractivity contribution in [3.05, 3.63) is 194 Å². The van der Waals surface area contributed by atoms with Crippen LogP contribution in [0.2, 0.25) is 0 Å². The Hall–Kier alpha value is -7.23. The quantitative estimate of drug-likeness (QED) is 0.163. The van der Waals surface area contributed by atoms with Crippen LogP contribution in [-0.2, 0) is 0 Å². The van der Waals surface area contributed by atoms with Gasteiger partial charge >= 0.3 is 0 Å². The molecule has 0 radical (unpaired) electrons. The maximum absolute atomic E-state index is 6.67. The van der Waals surface area contributed by atoms with Gasteiger partial charge in [-0.25, -0.2) is 0 Å². The molecule has 252 valence electrons. The Bertz CT molecular complexity index is 3070. The maximum atomic E-state index is 6.67. The van der Waals surface area contributed by atoms with E-state index in [1.807, 2.05) is 12.3 Å². The first kappa shape index (κ1) is 30.4. The van der Waals surface area contributed by atoms with Gasteiger partial charge in [0.05, 0.1) is 0 Å². The summed E-state index contributed by atoms with van der Waals surface area (Å²) in [7, 11) is 0. The minimum absolute atomic E-state index is 0.859. The molecule has 0 saturated carbocycles. The molecule has 0 unspecified atom stereocenters. The second-order valence-electron chi connectivity index (χ2n) is 14.0. The zero-order valence-electron chi connectivity index (χ0n) is 29.3. The molecule has 0 fully saturated rings. The Morgan fingerprint density at radius 1 is 0.352 bits per heavy atom. The van der Waals surface area contributed by atoms with E-state index < -0.39 is 0 Å².